The second-order valence-electron chi connectivity index (χ2n) is 4.49. The van der Waals surface area contributed by atoms with E-state index in [0.717, 1.165) is 11.1 Å². The molecule has 1 aromatic carbocycles. The predicted octanol–water partition coefficient (Wildman–Crippen LogP) is 2.21. The molecule has 1 heterocycles. The van der Waals surface area contributed by atoms with E-state index in [0.29, 0.717) is 12.2 Å². The Hall–Kier alpha value is -2.14. The maximum Gasteiger partial charge on any atom is 0.310 e. The molecule has 2 aromatic rings. The van der Waals surface area contributed by atoms with Crippen molar-refractivity contribution >= 4 is 17.6 Å². The first-order valence-electron chi connectivity index (χ1n) is 6.50. The Morgan fingerprint density at radius 1 is 1.33 bits per heavy atom. The van der Waals surface area contributed by atoms with Gasteiger partial charge in [-0.1, -0.05) is 35.9 Å². The molecule has 0 bridgehead atoms. The van der Waals surface area contributed by atoms with Crippen molar-refractivity contribution in [3.8, 4) is 11.1 Å². The van der Waals surface area contributed by atoms with Crippen LogP contribution in [0.4, 0.5) is 0 Å². The Bertz CT molecular complexity index is 708. The fourth-order valence-corrected chi connectivity index (χ4v) is 2.17. The van der Waals surface area contributed by atoms with Crippen molar-refractivity contribution in [2.24, 2.45) is 7.05 Å². The Morgan fingerprint density at radius 2 is 2.00 bits per heavy atom. The van der Waals surface area contributed by atoms with Crippen LogP contribution >= 0.6 is 11.6 Å². The second-order valence-corrected chi connectivity index (χ2v) is 4.85. The van der Waals surface area contributed by atoms with Crippen LogP contribution in [0.3, 0.4) is 0 Å². The quantitative estimate of drug-likeness (QED) is 0.813. The zero-order valence-electron chi connectivity index (χ0n) is 11.8. The van der Waals surface area contributed by atoms with Crippen molar-refractivity contribution in [1.29, 1.82) is 0 Å². The van der Waals surface area contributed by atoms with Gasteiger partial charge in [0.25, 0.3) is 5.56 Å². The standard InChI is InChI=1S/C15H15ClN2O3/c1-3-21-14(20)8-10-4-6-11(7-5-10)12-9-13(19)18(2)17-15(12)16/h4-7,9H,3,8H2,1-2H3. The summed E-state index contributed by atoms with van der Waals surface area (Å²) in [5, 5.41) is 4.20. The summed E-state index contributed by atoms with van der Waals surface area (Å²) in [6, 6.07) is 8.66. The number of aromatic nitrogens is 2. The van der Waals surface area contributed by atoms with E-state index in [1.807, 2.05) is 0 Å². The number of carbonyl (C=O) groups excluding carboxylic acids is 1. The molecule has 1 aromatic heterocycles. The van der Waals surface area contributed by atoms with E-state index in [1.54, 1.807) is 38.2 Å². The number of aryl methyl sites for hydroxylation is 1. The highest BCUT2D eigenvalue weighted by Crippen LogP contribution is 2.24. The lowest BCUT2D eigenvalue weighted by Crippen LogP contribution is -2.18. The zero-order chi connectivity index (χ0) is 15.4. The van der Waals surface area contributed by atoms with E-state index in [9.17, 15) is 9.59 Å². The molecular formula is C15H15ClN2O3. The van der Waals surface area contributed by atoms with Crippen LogP contribution in [0.15, 0.2) is 35.1 Å². The predicted molar refractivity (Wildman–Crippen MR) is 80.3 cm³/mol. The van der Waals surface area contributed by atoms with Gasteiger partial charge in [0.05, 0.1) is 13.0 Å². The lowest BCUT2D eigenvalue weighted by atomic mass is 10.0. The van der Waals surface area contributed by atoms with Gasteiger partial charge in [-0.15, -0.1) is 0 Å². The summed E-state index contributed by atoms with van der Waals surface area (Å²) in [5.41, 5.74) is 1.95. The average molecular weight is 307 g/mol. The smallest absolute Gasteiger partial charge is 0.310 e. The molecule has 5 nitrogen and oxygen atoms in total. The van der Waals surface area contributed by atoms with Crippen LogP contribution in [0.2, 0.25) is 5.15 Å². The maximum atomic E-state index is 11.6. The summed E-state index contributed by atoms with van der Waals surface area (Å²) in [4.78, 5) is 23.0. The summed E-state index contributed by atoms with van der Waals surface area (Å²) >= 11 is 6.06. The lowest BCUT2D eigenvalue weighted by Gasteiger charge is -2.06. The number of carbonyl (C=O) groups is 1. The summed E-state index contributed by atoms with van der Waals surface area (Å²) in [6.07, 6.45) is 0.219. The molecule has 110 valence electrons. The van der Waals surface area contributed by atoms with Gasteiger partial charge >= 0.3 is 5.97 Å². The Kier molecular flexibility index (Phi) is 4.75. The van der Waals surface area contributed by atoms with Gasteiger partial charge in [-0.05, 0) is 18.1 Å². The number of halogens is 1. The third kappa shape index (κ3) is 3.70. The number of benzene rings is 1. The fraction of sp³-hybridized carbons (Fsp3) is 0.267. The van der Waals surface area contributed by atoms with Crippen molar-refractivity contribution in [3.63, 3.8) is 0 Å². The highest BCUT2D eigenvalue weighted by molar-refractivity contribution is 6.32. The number of nitrogens with zero attached hydrogens (tertiary/aromatic N) is 2. The van der Waals surface area contributed by atoms with Crippen LogP contribution in [0.5, 0.6) is 0 Å². The van der Waals surface area contributed by atoms with Gasteiger partial charge in [0.1, 0.15) is 0 Å². The number of rotatable bonds is 4. The molecule has 0 aliphatic heterocycles. The maximum absolute atomic E-state index is 11.6. The second kappa shape index (κ2) is 6.54. The molecule has 0 saturated carbocycles. The third-order valence-corrected chi connectivity index (χ3v) is 3.24. The highest BCUT2D eigenvalue weighted by atomic mass is 35.5. The average Bonchev–Trinajstić information content (AvgIpc) is 2.44. The number of hydrogen-bond donors (Lipinski definition) is 0. The highest BCUT2D eigenvalue weighted by Gasteiger charge is 2.09. The Morgan fingerprint density at radius 3 is 2.62 bits per heavy atom. The van der Waals surface area contributed by atoms with Crippen molar-refractivity contribution < 1.29 is 9.53 Å². The van der Waals surface area contributed by atoms with Crippen molar-refractivity contribution in [1.82, 2.24) is 9.78 Å². The molecule has 0 aliphatic rings. The van der Waals surface area contributed by atoms with Crippen LogP contribution in [-0.4, -0.2) is 22.4 Å². The van der Waals surface area contributed by atoms with Gasteiger partial charge in [-0.3, -0.25) is 9.59 Å². The topological polar surface area (TPSA) is 61.2 Å². The van der Waals surface area contributed by atoms with E-state index < -0.39 is 0 Å². The molecule has 0 unspecified atom stereocenters. The van der Waals surface area contributed by atoms with Gasteiger partial charge in [0.15, 0.2) is 5.15 Å². The first-order valence-corrected chi connectivity index (χ1v) is 6.88. The minimum atomic E-state index is -0.265. The van der Waals surface area contributed by atoms with Gasteiger partial charge in [0, 0.05) is 18.7 Å². The molecule has 0 radical (unpaired) electrons. The first-order chi connectivity index (χ1) is 10.0. The van der Waals surface area contributed by atoms with Gasteiger partial charge in [-0.25, -0.2) is 4.68 Å². The summed E-state index contributed by atoms with van der Waals surface area (Å²) in [7, 11) is 1.54. The van der Waals surface area contributed by atoms with Crippen LogP contribution < -0.4 is 5.56 Å². The normalized spacial score (nSPS) is 10.4. The Labute approximate surface area is 127 Å². The number of hydrogen-bond acceptors (Lipinski definition) is 4. The molecule has 2 rings (SSSR count). The van der Waals surface area contributed by atoms with E-state index in [2.05, 4.69) is 5.10 Å². The van der Waals surface area contributed by atoms with Crippen LogP contribution in [0, 0.1) is 0 Å². The zero-order valence-corrected chi connectivity index (χ0v) is 12.6. The van der Waals surface area contributed by atoms with E-state index in [4.69, 9.17) is 16.3 Å². The van der Waals surface area contributed by atoms with Crippen LogP contribution in [-0.2, 0) is 23.0 Å². The van der Waals surface area contributed by atoms with Gasteiger partial charge < -0.3 is 4.74 Å². The summed E-state index contributed by atoms with van der Waals surface area (Å²) in [6.45, 7) is 2.14. The molecular weight excluding hydrogens is 292 g/mol. The minimum absolute atomic E-state index is 0.219. The van der Waals surface area contributed by atoms with Crippen molar-refractivity contribution in [2.75, 3.05) is 6.61 Å². The van der Waals surface area contributed by atoms with Crippen LogP contribution in [0.25, 0.3) is 11.1 Å². The molecule has 0 atom stereocenters. The molecule has 0 aliphatic carbocycles. The molecule has 0 amide bonds. The molecule has 6 heteroatoms. The third-order valence-electron chi connectivity index (χ3n) is 2.97. The Balaban J connectivity index is 2.25. The molecule has 0 fully saturated rings. The largest absolute Gasteiger partial charge is 0.466 e. The fourth-order valence-electron chi connectivity index (χ4n) is 1.89. The lowest BCUT2D eigenvalue weighted by molar-refractivity contribution is -0.142. The van der Waals surface area contributed by atoms with Gasteiger partial charge in [-0.2, -0.15) is 5.10 Å². The van der Waals surface area contributed by atoms with E-state index in [-0.39, 0.29) is 23.1 Å². The van der Waals surface area contributed by atoms with Crippen molar-refractivity contribution in [3.05, 3.63) is 51.4 Å². The van der Waals surface area contributed by atoms with Gasteiger partial charge in [0.2, 0.25) is 0 Å². The van der Waals surface area contributed by atoms with Crippen LogP contribution in [0.1, 0.15) is 12.5 Å². The van der Waals surface area contributed by atoms with Crippen molar-refractivity contribution in [2.45, 2.75) is 13.3 Å². The number of esters is 1. The molecule has 0 N–H and O–H groups in total. The summed E-state index contributed by atoms with van der Waals surface area (Å²) < 4.78 is 6.08. The minimum Gasteiger partial charge on any atom is -0.466 e. The first kappa shape index (κ1) is 15.3. The monoisotopic (exact) mass is 306 g/mol. The van der Waals surface area contributed by atoms with E-state index in [1.165, 1.54) is 10.7 Å². The molecule has 0 saturated heterocycles. The van der Waals surface area contributed by atoms with E-state index >= 15 is 0 Å². The molecule has 0 spiro atoms. The number of ether oxygens (including phenoxy) is 1. The molecule has 21 heavy (non-hydrogen) atoms. The SMILES string of the molecule is CCOC(=O)Cc1ccc(-c2cc(=O)n(C)nc2Cl)cc1. The summed E-state index contributed by atoms with van der Waals surface area (Å²) in [5.74, 6) is -0.265.